The molecule has 3 nitrogen and oxygen atoms in total. The number of carbonyl (C=O) groups excluding carboxylic acids is 1. The molecule has 0 aromatic carbocycles. The minimum Gasteiger partial charge on any atom is -0.349 e. The third kappa shape index (κ3) is 4.96. The zero-order chi connectivity index (χ0) is 12.8. The van der Waals surface area contributed by atoms with Gasteiger partial charge in [0.15, 0.2) is 0 Å². The first-order valence-electron chi connectivity index (χ1n) is 5.55. The second-order valence-corrected chi connectivity index (χ2v) is 5.56. The minimum atomic E-state index is -0.0957. The normalized spacial score (nSPS) is 12.2. The number of aromatic nitrogens is 1. The molecule has 1 aromatic heterocycles. The molecule has 0 saturated heterocycles. The fourth-order valence-corrected chi connectivity index (χ4v) is 2.33. The molecule has 1 aromatic rings. The monoisotopic (exact) mass is 272 g/mol. The van der Waals surface area contributed by atoms with E-state index in [4.69, 9.17) is 11.6 Å². The van der Waals surface area contributed by atoms with Crippen molar-refractivity contribution in [2.75, 3.05) is 11.5 Å². The summed E-state index contributed by atoms with van der Waals surface area (Å²) in [5, 5.41) is 3.29. The molecule has 1 amide bonds. The lowest BCUT2D eigenvalue weighted by molar-refractivity contribution is 0.0943. The maximum atomic E-state index is 11.9. The van der Waals surface area contributed by atoms with Gasteiger partial charge >= 0.3 is 0 Å². The van der Waals surface area contributed by atoms with Crippen LogP contribution in [0.15, 0.2) is 12.1 Å². The lowest BCUT2D eigenvalue weighted by Crippen LogP contribution is -2.34. The number of aryl methyl sites for hydroxylation is 1. The smallest absolute Gasteiger partial charge is 0.251 e. The van der Waals surface area contributed by atoms with Crippen LogP contribution in [0.1, 0.15) is 29.9 Å². The summed E-state index contributed by atoms with van der Waals surface area (Å²) < 4.78 is 0. The first kappa shape index (κ1) is 14.3. The Bertz CT molecular complexity index is 378. The van der Waals surface area contributed by atoms with Crippen LogP contribution < -0.4 is 5.32 Å². The Balaban J connectivity index is 2.63. The van der Waals surface area contributed by atoms with Gasteiger partial charge in [0.25, 0.3) is 5.91 Å². The molecule has 0 aliphatic rings. The summed E-state index contributed by atoms with van der Waals surface area (Å²) in [7, 11) is 0. The van der Waals surface area contributed by atoms with Crippen molar-refractivity contribution < 1.29 is 4.79 Å². The molecule has 0 aliphatic heterocycles. The molecule has 0 radical (unpaired) electrons. The second-order valence-electron chi connectivity index (χ2n) is 3.85. The van der Waals surface area contributed by atoms with Gasteiger partial charge in [0, 0.05) is 23.1 Å². The third-order valence-corrected chi connectivity index (χ3v) is 3.47. The van der Waals surface area contributed by atoms with Gasteiger partial charge in [-0.05, 0) is 31.7 Å². The Labute approximate surface area is 111 Å². The summed E-state index contributed by atoms with van der Waals surface area (Å²) in [4.78, 5) is 15.9. The number of nitrogens with one attached hydrogen (secondary N) is 1. The van der Waals surface area contributed by atoms with Crippen LogP contribution in [0.3, 0.4) is 0 Å². The predicted molar refractivity (Wildman–Crippen MR) is 73.9 cm³/mol. The van der Waals surface area contributed by atoms with E-state index < -0.39 is 0 Å². The molecule has 1 N–H and O–H groups in total. The number of rotatable bonds is 5. The summed E-state index contributed by atoms with van der Waals surface area (Å²) in [5.41, 5.74) is 1.31. The maximum Gasteiger partial charge on any atom is 0.251 e. The SMILES string of the molecule is CCSCC(C)NC(=O)c1cc(C)nc(Cl)c1. The van der Waals surface area contributed by atoms with E-state index in [1.807, 2.05) is 13.8 Å². The topological polar surface area (TPSA) is 42.0 Å². The van der Waals surface area contributed by atoms with Gasteiger partial charge in [-0.3, -0.25) is 4.79 Å². The fourth-order valence-electron chi connectivity index (χ4n) is 1.40. The first-order valence-corrected chi connectivity index (χ1v) is 7.09. The first-order chi connectivity index (χ1) is 8.02. The number of nitrogens with zero attached hydrogens (tertiary/aromatic N) is 1. The molecular formula is C12H17ClN2OS. The Morgan fingerprint density at radius 2 is 2.29 bits per heavy atom. The van der Waals surface area contributed by atoms with Crippen LogP contribution in [0, 0.1) is 6.92 Å². The Morgan fingerprint density at radius 3 is 2.88 bits per heavy atom. The van der Waals surface area contributed by atoms with Crippen molar-refractivity contribution in [1.82, 2.24) is 10.3 Å². The fraction of sp³-hybridized carbons (Fsp3) is 0.500. The van der Waals surface area contributed by atoms with Gasteiger partial charge in [0.05, 0.1) is 0 Å². The van der Waals surface area contributed by atoms with Gasteiger partial charge in [-0.1, -0.05) is 18.5 Å². The lowest BCUT2D eigenvalue weighted by atomic mass is 10.2. The van der Waals surface area contributed by atoms with E-state index in [1.54, 1.807) is 23.9 Å². The van der Waals surface area contributed by atoms with Crippen LogP contribution >= 0.6 is 23.4 Å². The van der Waals surface area contributed by atoms with Crippen molar-refractivity contribution in [2.24, 2.45) is 0 Å². The van der Waals surface area contributed by atoms with Crippen molar-refractivity contribution in [3.8, 4) is 0 Å². The highest BCUT2D eigenvalue weighted by molar-refractivity contribution is 7.99. The number of thioether (sulfide) groups is 1. The number of pyridine rings is 1. The van der Waals surface area contributed by atoms with Gasteiger partial charge in [-0.2, -0.15) is 11.8 Å². The molecule has 94 valence electrons. The molecule has 1 atom stereocenters. The number of carbonyl (C=O) groups is 1. The molecule has 1 heterocycles. The molecule has 0 spiro atoms. The molecule has 0 fully saturated rings. The number of halogens is 1. The van der Waals surface area contributed by atoms with Crippen LogP contribution in [0.25, 0.3) is 0 Å². The molecular weight excluding hydrogens is 256 g/mol. The zero-order valence-corrected chi connectivity index (χ0v) is 11.9. The van der Waals surface area contributed by atoms with E-state index in [9.17, 15) is 4.79 Å². The second kappa shape index (κ2) is 6.87. The highest BCUT2D eigenvalue weighted by Crippen LogP contribution is 2.11. The van der Waals surface area contributed by atoms with E-state index in [1.165, 1.54) is 0 Å². The van der Waals surface area contributed by atoms with Crippen molar-refractivity contribution >= 4 is 29.3 Å². The summed E-state index contributed by atoms with van der Waals surface area (Å²) in [6.07, 6.45) is 0. The Morgan fingerprint density at radius 1 is 1.59 bits per heavy atom. The summed E-state index contributed by atoms with van der Waals surface area (Å²) in [6, 6.07) is 3.48. The Kier molecular flexibility index (Phi) is 5.78. The molecule has 0 aliphatic carbocycles. The van der Waals surface area contributed by atoms with Crippen molar-refractivity contribution in [1.29, 1.82) is 0 Å². The summed E-state index contributed by atoms with van der Waals surface area (Å²) in [5.74, 6) is 1.88. The lowest BCUT2D eigenvalue weighted by Gasteiger charge is -2.13. The minimum absolute atomic E-state index is 0.0957. The highest BCUT2D eigenvalue weighted by atomic mass is 35.5. The quantitative estimate of drug-likeness (QED) is 0.838. The van der Waals surface area contributed by atoms with E-state index >= 15 is 0 Å². The molecule has 5 heteroatoms. The van der Waals surface area contributed by atoms with Crippen LogP contribution in [0.2, 0.25) is 5.15 Å². The molecule has 0 bridgehead atoms. The molecule has 0 saturated carbocycles. The van der Waals surface area contributed by atoms with Crippen molar-refractivity contribution in [2.45, 2.75) is 26.8 Å². The van der Waals surface area contributed by atoms with E-state index in [0.717, 1.165) is 17.2 Å². The van der Waals surface area contributed by atoms with Gasteiger partial charge in [-0.15, -0.1) is 0 Å². The standard InChI is InChI=1S/C12H17ClN2OS/c1-4-17-7-9(3)15-12(16)10-5-8(2)14-11(13)6-10/h5-6,9H,4,7H2,1-3H3,(H,15,16). The maximum absolute atomic E-state index is 11.9. The predicted octanol–water partition coefficient (Wildman–Crippen LogP) is 2.91. The average molecular weight is 273 g/mol. The largest absolute Gasteiger partial charge is 0.349 e. The molecule has 1 rings (SSSR count). The van der Waals surface area contributed by atoms with Crippen LogP contribution in [0.5, 0.6) is 0 Å². The van der Waals surface area contributed by atoms with Gasteiger partial charge in [-0.25, -0.2) is 4.98 Å². The molecule has 17 heavy (non-hydrogen) atoms. The van der Waals surface area contributed by atoms with E-state index in [2.05, 4.69) is 17.2 Å². The highest BCUT2D eigenvalue weighted by Gasteiger charge is 2.11. The number of hydrogen-bond donors (Lipinski definition) is 1. The zero-order valence-electron chi connectivity index (χ0n) is 10.3. The van der Waals surface area contributed by atoms with Gasteiger partial charge < -0.3 is 5.32 Å². The van der Waals surface area contributed by atoms with Crippen molar-refractivity contribution in [3.63, 3.8) is 0 Å². The Hall–Kier alpha value is -0.740. The van der Waals surface area contributed by atoms with E-state index in [-0.39, 0.29) is 11.9 Å². The van der Waals surface area contributed by atoms with Crippen LogP contribution in [-0.4, -0.2) is 28.4 Å². The number of amides is 1. The van der Waals surface area contributed by atoms with Crippen LogP contribution in [0.4, 0.5) is 0 Å². The third-order valence-electron chi connectivity index (χ3n) is 2.13. The molecule has 1 unspecified atom stereocenters. The van der Waals surface area contributed by atoms with Gasteiger partial charge in [0.2, 0.25) is 0 Å². The van der Waals surface area contributed by atoms with Crippen LogP contribution in [-0.2, 0) is 0 Å². The van der Waals surface area contributed by atoms with Gasteiger partial charge in [0.1, 0.15) is 5.15 Å². The summed E-state index contributed by atoms with van der Waals surface area (Å²) in [6.45, 7) is 5.92. The van der Waals surface area contributed by atoms with E-state index in [0.29, 0.717) is 10.7 Å². The number of hydrogen-bond acceptors (Lipinski definition) is 3. The van der Waals surface area contributed by atoms with Crippen molar-refractivity contribution in [3.05, 3.63) is 28.5 Å². The average Bonchev–Trinajstić information content (AvgIpc) is 2.25. The summed E-state index contributed by atoms with van der Waals surface area (Å²) >= 11 is 7.63.